The van der Waals surface area contributed by atoms with Crippen molar-refractivity contribution in [3.05, 3.63) is 93.8 Å². The topological polar surface area (TPSA) is 55.4 Å². The number of benzene rings is 2. The summed E-state index contributed by atoms with van der Waals surface area (Å²) < 4.78 is 5.68. The number of allylic oxidation sites excluding steroid dienone is 3. The number of nitrogens with one attached hydrogen (secondary N) is 1. The second kappa shape index (κ2) is 8.70. The Morgan fingerprint density at radius 2 is 1.77 bits per heavy atom. The van der Waals surface area contributed by atoms with E-state index in [0.717, 1.165) is 47.4 Å². The summed E-state index contributed by atoms with van der Waals surface area (Å²) in [7, 11) is 0. The molecule has 4 nitrogen and oxygen atoms in total. The van der Waals surface area contributed by atoms with E-state index in [4.69, 9.17) is 4.74 Å². The predicted molar refractivity (Wildman–Crippen MR) is 117 cm³/mol. The molecular formula is C26H27NO3. The summed E-state index contributed by atoms with van der Waals surface area (Å²) in [6, 6.07) is 17.9. The Balaban J connectivity index is 1.70. The van der Waals surface area contributed by atoms with E-state index in [2.05, 4.69) is 24.4 Å². The lowest BCUT2D eigenvalue weighted by Gasteiger charge is -2.34. The number of hydrogen-bond donors (Lipinski definition) is 1. The minimum Gasteiger partial charge on any atom is -0.457 e. The van der Waals surface area contributed by atoms with Gasteiger partial charge >= 0.3 is 5.97 Å². The van der Waals surface area contributed by atoms with Gasteiger partial charge in [0.25, 0.3) is 0 Å². The second-order valence-electron chi connectivity index (χ2n) is 7.92. The zero-order chi connectivity index (χ0) is 21.1. The minimum atomic E-state index is -0.386. The standard InChI is InChI=1S/C26H27NO3/c1-3-18-12-14-20(15-13-18)24-23(26(29)30-16-19-8-5-4-6-9-19)17(2)27-21-10-7-11-22(28)25(21)24/h4-6,8-9,12-15,24,27H,3,7,10-11,16H2,1-2H3/t24-/m1/s1. The summed E-state index contributed by atoms with van der Waals surface area (Å²) >= 11 is 0. The van der Waals surface area contributed by atoms with Crippen LogP contribution in [-0.2, 0) is 27.4 Å². The highest BCUT2D eigenvalue weighted by molar-refractivity contribution is 6.03. The molecular weight excluding hydrogens is 374 g/mol. The van der Waals surface area contributed by atoms with Gasteiger partial charge in [-0.25, -0.2) is 4.79 Å². The highest BCUT2D eigenvalue weighted by atomic mass is 16.5. The molecule has 0 spiro atoms. The van der Waals surface area contributed by atoms with Crippen molar-refractivity contribution < 1.29 is 14.3 Å². The maximum atomic E-state index is 13.2. The van der Waals surface area contributed by atoms with Crippen LogP contribution in [0.3, 0.4) is 0 Å². The first kappa shape index (κ1) is 20.1. The Labute approximate surface area is 177 Å². The van der Waals surface area contributed by atoms with Gasteiger partial charge in [0.2, 0.25) is 0 Å². The Morgan fingerprint density at radius 1 is 1.03 bits per heavy atom. The van der Waals surface area contributed by atoms with E-state index in [1.165, 1.54) is 5.56 Å². The number of aryl methyl sites for hydroxylation is 1. The molecule has 0 radical (unpaired) electrons. The molecule has 4 rings (SSSR count). The van der Waals surface area contributed by atoms with Crippen molar-refractivity contribution in [1.82, 2.24) is 5.32 Å². The molecule has 2 aliphatic rings. The predicted octanol–water partition coefficient (Wildman–Crippen LogP) is 4.96. The molecule has 2 aromatic carbocycles. The summed E-state index contributed by atoms with van der Waals surface area (Å²) in [4.78, 5) is 26.1. The number of carbonyl (C=O) groups excluding carboxylic acids is 2. The highest BCUT2D eigenvalue weighted by Gasteiger charge is 2.39. The van der Waals surface area contributed by atoms with Crippen LogP contribution in [0.25, 0.3) is 0 Å². The molecule has 1 atom stereocenters. The number of hydrogen-bond acceptors (Lipinski definition) is 4. The van der Waals surface area contributed by atoms with Crippen LogP contribution < -0.4 is 5.32 Å². The van der Waals surface area contributed by atoms with E-state index in [9.17, 15) is 9.59 Å². The van der Waals surface area contributed by atoms with E-state index < -0.39 is 0 Å². The van der Waals surface area contributed by atoms with Gasteiger partial charge in [-0.15, -0.1) is 0 Å². The number of esters is 1. The van der Waals surface area contributed by atoms with E-state index in [1.54, 1.807) is 0 Å². The summed E-state index contributed by atoms with van der Waals surface area (Å²) in [6.07, 6.45) is 3.14. The average Bonchev–Trinajstić information content (AvgIpc) is 2.77. The smallest absolute Gasteiger partial charge is 0.337 e. The Hall–Kier alpha value is -3.14. The number of rotatable bonds is 5. The van der Waals surface area contributed by atoms with Crippen molar-refractivity contribution in [2.75, 3.05) is 0 Å². The lowest BCUT2D eigenvalue weighted by Crippen LogP contribution is -2.34. The van der Waals surface area contributed by atoms with Gasteiger partial charge in [0.15, 0.2) is 5.78 Å². The molecule has 0 bridgehead atoms. The SMILES string of the molecule is CCc1ccc([C@@H]2C(C(=O)OCc3ccccc3)=C(C)NC3=C2C(=O)CCC3)cc1. The summed E-state index contributed by atoms with van der Waals surface area (Å²) in [6.45, 7) is 4.22. The quantitative estimate of drug-likeness (QED) is 0.720. The Morgan fingerprint density at radius 3 is 2.47 bits per heavy atom. The molecule has 1 aliphatic heterocycles. The fraction of sp³-hybridized carbons (Fsp3) is 0.308. The van der Waals surface area contributed by atoms with Crippen LogP contribution >= 0.6 is 0 Å². The van der Waals surface area contributed by atoms with E-state index in [0.29, 0.717) is 12.0 Å². The number of Topliss-reactive ketones (excluding diaryl/α,β-unsaturated/α-hetero) is 1. The third-order valence-electron chi connectivity index (χ3n) is 5.93. The van der Waals surface area contributed by atoms with Crippen molar-refractivity contribution in [1.29, 1.82) is 0 Å². The number of dihydropyridines is 1. The minimum absolute atomic E-state index is 0.120. The van der Waals surface area contributed by atoms with Gasteiger partial charge in [0.05, 0.1) is 5.57 Å². The van der Waals surface area contributed by atoms with E-state index >= 15 is 0 Å². The van der Waals surface area contributed by atoms with Gasteiger partial charge in [-0.05, 0) is 42.9 Å². The van der Waals surface area contributed by atoms with Crippen LogP contribution in [-0.4, -0.2) is 11.8 Å². The molecule has 0 amide bonds. The molecule has 4 heteroatoms. The van der Waals surface area contributed by atoms with Crippen LogP contribution in [0.2, 0.25) is 0 Å². The molecule has 30 heavy (non-hydrogen) atoms. The van der Waals surface area contributed by atoms with Gasteiger partial charge < -0.3 is 10.1 Å². The maximum absolute atomic E-state index is 13.2. The maximum Gasteiger partial charge on any atom is 0.337 e. The summed E-state index contributed by atoms with van der Waals surface area (Å²) in [5.74, 6) is -0.643. The van der Waals surface area contributed by atoms with Gasteiger partial charge in [-0.2, -0.15) is 0 Å². The first-order valence-corrected chi connectivity index (χ1v) is 10.6. The molecule has 1 N–H and O–H groups in total. The van der Waals surface area contributed by atoms with Crippen molar-refractivity contribution in [3.63, 3.8) is 0 Å². The fourth-order valence-corrected chi connectivity index (χ4v) is 4.33. The second-order valence-corrected chi connectivity index (χ2v) is 7.92. The molecule has 0 fully saturated rings. The zero-order valence-corrected chi connectivity index (χ0v) is 17.5. The first-order chi connectivity index (χ1) is 14.6. The molecule has 2 aromatic rings. The molecule has 154 valence electrons. The average molecular weight is 402 g/mol. The Kier molecular flexibility index (Phi) is 5.84. The largest absolute Gasteiger partial charge is 0.457 e. The van der Waals surface area contributed by atoms with E-state index in [1.807, 2.05) is 49.4 Å². The van der Waals surface area contributed by atoms with Gasteiger partial charge in [0.1, 0.15) is 6.61 Å². The third-order valence-corrected chi connectivity index (χ3v) is 5.93. The molecule has 1 heterocycles. The highest BCUT2D eigenvalue weighted by Crippen LogP contribution is 2.42. The molecule has 0 saturated heterocycles. The van der Waals surface area contributed by atoms with Crippen molar-refractivity contribution >= 4 is 11.8 Å². The molecule has 0 saturated carbocycles. The van der Waals surface area contributed by atoms with Crippen LogP contribution in [0.4, 0.5) is 0 Å². The number of ether oxygens (including phenoxy) is 1. The van der Waals surface area contributed by atoms with E-state index in [-0.39, 0.29) is 24.3 Å². The first-order valence-electron chi connectivity index (χ1n) is 10.6. The lowest BCUT2D eigenvalue weighted by atomic mass is 9.75. The Bertz CT molecular complexity index is 1020. The number of carbonyl (C=O) groups is 2. The van der Waals surface area contributed by atoms with Crippen LogP contribution in [0.15, 0.2) is 77.1 Å². The third kappa shape index (κ3) is 3.95. The van der Waals surface area contributed by atoms with Crippen LogP contribution in [0, 0.1) is 0 Å². The molecule has 0 unspecified atom stereocenters. The van der Waals surface area contributed by atoms with Gasteiger partial charge in [0, 0.05) is 29.3 Å². The van der Waals surface area contributed by atoms with Crippen molar-refractivity contribution in [2.45, 2.75) is 52.1 Å². The van der Waals surface area contributed by atoms with Gasteiger partial charge in [-0.3, -0.25) is 4.79 Å². The van der Waals surface area contributed by atoms with Crippen LogP contribution in [0.5, 0.6) is 0 Å². The normalized spacial score (nSPS) is 18.7. The fourth-order valence-electron chi connectivity index (χ4n) is 4.33. The zero-order valence-electron chi connectivity index (χ0n) is 17.5. The summed E-state index contributed by atoms with van der Waals surface area (Å²) in [5, 5.41) is 3.34. The summed E-state index contributed by atoms with van der Waals surface area (Å²) in [5.41, 5.74) is 6.10. The molecule has 0 aromatic heterocycles. The van der Waals surface area contributed by atoms with Crippen LogP contribution in [0.1, 0.15) is 55.7 Å². The number of ketones is 1. The molecule has 1 aliphatic carbocycles. The lowest BCUT2D eigenvalue weighted by molar-refractivity contribution is -0.140. The van der Waals surface area contributed by atoms with Crippen molar-refractivity contribution in [2.24, 2.45) is 0 Å². The van der Waals surface area contributed by atoms with Gasteiger partial charge in [-0.1, -0.05) is 61.5 Å². The van der Waals surface area contributed by atoms with Crippen molar-refractivity contribution in [3.8, 4) is 0 Å². The monoisotopic (exact) mass is 401 g/mol.